The van der Waals surface area contributed by atoms with E-state index in [2.05, 4.69) is 15.3 Å². The lowest BCUT2D eigenvalue weighted by Crippen LogP contribution is -2.27. The molecule has 16 heavy (non-hydrogen) atoms. The number of rotatable bonds is 1. The molecule has 1 aliphatic heterocycles. The second-order valence-corrected chi connectivity index (χ2v) is 4.29. The molecule has 0 amide bonds. The topological polar surface area (TPSA) is 37.8 Å². The van der Waals surface area contributed by atoms with Gasteiger partial charge in [-0.3, -0.25) is 4.98 Å². The lowest BCUT2D eigenvalue weighted by atomic mass is 10.0. The van der Waals surface area contributed by atoms with Crippen LogP contribution in [0.5, 0.6) is 0 Å². The van der Waals surface area contributed by atoms with Crippen LogP contribution in [0.1, 0.15) is 31.0 Å². The molecule has 3 heteroatoms. The molecule has 2 aromatic rings. The Labute approximate surface area is 94.9 Å². The van der Waals surface area contributed by atoms with Gasteiger partial charge in [0.2, 0.25) is 0 Å². The van der Waals surface area contributed by atoms with Crippen LogP contribution >= 0.6 is 0 Å². The summed E-state index contributed by atoms with van der Waals surface area (Å²) in [5, 5.41) is 3.50. The van der Waals surface area contributed by atoms with Crippen LogP contribution in [0.25, 0.3) is 11.0 Å². The van der Waals surface area contributed by atoms with Crippen molar-refractivity contribution in [1.82, 2.24) is 15.3 Å². The molecule has 3 nitrogen and oxygen atoms in total. The Hall–Kier alpha value is -1.48. The van der Waals surface area contributed by atoms with Crippen LogP contribution in [-0.4, -0.2) is 16.5 Å². The third-order valence-electron chi connectivity index (χ3n) is 3.13. The molecular formula is C13H15N3. The molecule has 1 aliphatic rings. The van der Waals surface area contributed by atoms with Gasteiger partial charge in [-0.25, -0.2) is 4.98 Å². The SMILES string of the molecule is c1ccc2nc(C3CCCCN3)cnc2c1. The van der Waals surface area contributed by atoms with Crippen LogP contribution < -0.4 is 5.32 Å². The summed E-state index contributed by atoms with van der Waals surface area (Å²) in [6, 6.07) is 8.42. The van der Waals surface area contributed by atoms with Crippen molar-refractivity contribution in [1.29, 1.82) is 0 Å². The van der Waals surface area contributed by atoms with Gasteiger partial charge >= 0.3 is 0 Å². The fraction of sp³-hybridized carbons (Fsp3) is 0.385. The summed E-state index contributed by atoms with van der Waals surface area (Å²) in [5.41, 5.74) is 3.05. The highest BCUT2D eigenvalue weighted by Gasteiger charge is 2.16. The molecule has 1 unspecified atom stereocenters. The average molecular weight is 213 g/mol. The highest BCUT2D eigenvalue weighted by molar-refractivity contribution is 5.73. The normalized spacial score (nSPS) is 21.1. The molecule has 1 aromatic carbocycles. The van der Waals surface area contributed by atoms with Crippen LogP contribution in [0.2, 0.25) is 0 Å². The first-order chi connectivity index (χ1) is 7.93. The Bertz CT molecular complexity index is 489. The number of hydrogen-bond donors (Lipinski definition) is 1. The van der Waals surface area contributed by atoms with E-state index in [1.165, 1.54) is 19.3 Å². The summed E-state index contributed by atoms with van der Waals surface area (Å²) >= 11 is 0. The quantitative estimate of drug-likeness (QED) is 0.790. The Morgan fingerprint density at radius 2 is 2.00 bits per heavy atom. The van der Waals surface area contributed by atoms with E-state index in [9.17, 15) is 0 Å². The highest BCUT2D eigenvalue weighted by Crippen LogP contribution is 2.22. The van der Waals surface area contributed by atoms with Gasteiger partial charge in [0.05, 0.1) is 29.0 Å². The maximum atomic E-state index is 4.67. The third-order valence-corrected chi connectivity index (χ3v) is 3.13. The molecule has 1 N–H and O–H groups in total. The van der Waals surface area contributed by atoms with E-state index in [1.54, 1.807) is 0 Å². The Morgan fingerprint density at radius 3 is 2.81 bits per heavy atom. The van der Waals surface area contributed by atoms with E-state index >= 15 is 0 Å². The van der Waals surface area contributed by atoms with Gasteiger partial charge in [-0.15, -0.1) is 0 Å². The van der Waals surface area contributed by atoms with E-state index in [0.29, 0.717) is 6.04 Å². The molecule has 1 aromatic heterocycles. The maximum Gasteiger partial charge on any atom is 0.0890 e. The third kappa shape index (κ3) is 1.78. The largest absolute Gasteiger partial charge is 0.309 e. The van der Waals surface area contributed by atoms with Crippen molar-refractivity contribution < 1.29 is 0 Å². The van der Waals surface area contributed by atoms with Crippen LogP contribution in [0.3, 0.4) is 0 Å². The zero-order valence-corrected chi connectivity index (χ0v) is 9.19. The van der Waals surface area contributed by atoms with Crippen molar-refractivity contribution in [2.75, 3.05) is 6.54 Å². The molecule has 1 atom stereocenters. The summed E-state index contributed by atoms with van der Waals surface area (Å²) in [4.78, 5) is 9.13. The lowest BCUT2D eigenvalue weighted by molar-refractivity contribution is 0.405. The monoisotopic (exact) mass is 213 g/mol. The van der Waals surface area contributed by atoms with Gasteiger partial charge in [0.1, 0.15) is 0 Å². The van der Waals surface area contributed by atoms with Crippen molar-refractivity contribution in [2.24, 2.45) is 0 Å². The minimum atomic E-state index is 0.394. The minimum absolute atomic E-state index is 0.394. The van der Waals surface area contributed by atoms with Crippen molar-refractivity contribution in [3.8, 4) is 0 Å². The molecule has 82 valence electrons. The number of aromatic nitrogens is 2. The molecule has 0 spiro atoms. The van der Waals surface area contributed by atoms with Gasteiger partial charge < -0.3 is 5.32 Å². The molecule has 1 saturated heterocycles. The van der Waals surface area contributed by atoms with Crippen LogP contribution in [0.15, 0.2) is 30.5 Å². The predicted octanol–water partition coefficient (Wildman–Crippen LogP) is 2.44. The minimum Gasteiger partial charge on any atom is -0.309 e. The zero-order chi connectivity index (χ0) is 10.8. The van der Waals surface area contributed by atoms with Crippen LogP contribution in [0.4, 0.5) is 0 Å². The fourth-order valence-electron chi connectivity index (χ4n) is 2.24. The summed E-state index contributed by atoms with van der Waals surface area (Å²) in [7, 11) is 0. The van der Waals surface area contributed by atoms with Gasteiger partial charge in [-0.05, 0) is 31.5 Å². The van der Waals surface area contributed by atoms with Crippen molar-refractivity contribution in [3.63, 3.8) is 0 Å². The highest BCUT2D eigenvalue weighted by atomic mass is 15.0. The van der Waals surface area contributed by atoms with E-state index in [-0.39, 0.29) is 0 Å². The standard InChI is InChI=1S/C13H15N3/c1-2-7-12-10(5-1)15-9-13(16-12)11-6-3-4-8-14-11/h1-2,5,7,9,11,14H,3-4,6,8H2. The molecule has 3 rings (SSSR count). The molecule has 0 radical (unpaired) electrons. The number of piperidine rings is 1. The number of fused-ring (bicyclic) bond motifs is 1. The van der Waals surface area contributed by atoms with Crippen molar-refractivity contribution in [3.05, 3.63) is 36.2 Å². The molecular weight excluding hydrogens is 198 g/mol. The van der Waals surface area contributed by atoms with Crippen molar-refractivity contribution >= 4 is 11.0 Å². The molecule has 2 heterocycles. The molecule has 0 saturated carbocycles. The van der Waals surface area contributed by atoms with Crippen LogP contribution in [0, 0.1) is 0 Å². The maximum absolute atomic E-state index is 4.67. The zero-order valence-electron chi connectivity index (χ0n) is 9.19. The van der Waals surface area contributed by atoms with Gasteiger partial charge in [0.25, 0.3) is 0 Å². The summed E-state index contributed by atoms with van der Waals surface area (Å²) in [5.74, 6) is 0. The Kier molecular flexibility index (Phi) is 2.54. The second kappa shape index (κ2) is 4.18. The molecule has 0 aliphatic carbocycles. The van der Waals surface area contributed by atoms with Crippen molar-refractivity contribution in [2.45, 2.75) is 25.3 Å². The molecule has 0 bridgehead atoms. The van der Waals surface area contributed by atoms with E-state index in [4.69, 9.17) is 0 Å². The Balaban J connectivity index is 1.97. The number of nitrogens with one attached hydrogen (secondary N) is 1. The smallest absolute Gasteiger partial charge is 0.0890 e. The summed E-state index contributed by atoms with van der Waals surface area (Å²) in [6.07, 6.45) is 5.64. The number of benzene rings is 1. The predicted molar refractivity (Wildman–Crippen MR) is 64.1 cm³/mol. The Morgan fingerprint density at radius 1 is 1.12 bits per heavy atom. The van der Waals surface area contributed by atoms with Gasteiger partial charge in [0, 0.05) is 0 Å². The lowest BCUT2D eigenvalue weighted by Gasteiger charge is -2.22. The number of nitrogens with zero attached hydrogens (tertiary/aromatic N) is 2. The summed E-state index contributed by atoms with van der Waals surface area (Å²) < 4.78 is 0. The first-order valence-electron chi connectivity index (χ1n) is 5.88. The first-order valence-corrected chi connectivity index (χ1v) is 5.88. The average Bonchev–Trinajstić information content (AvgIpc) is 2.39. The van der Waals surface area contributed by atoms with Crippen LogP contribution in [-0.2, 0) is 0 Å². The fourth-order valence-corrected chi connectivity index (χ4v) is 2.24. The number of para-hydroxylation sites is 2. The van der Waals surface area contributed by atoms with Gasteiger partial charge in [0.15, 0.2) is 0 Å². The van der Waals surface area contributed by atoms with Gasteiger partial charge in [-0.1, -0.05) is 18.6 Å². The van der Waals surface area contributed by atoms with Gasteiger partial charge in [-0.2, -0.15) is 0 Å². The van der Waals surface area contributed by atoms with E-state index in [1.807, 2.05) is 30.5 Å². The van der Waals surface area contributed by atoms with E-state index in [0.717, 1.165) is 23.3 Å². The first kappa shape index (κ1) is 9.73. The van der Waals surface area contributed by atoms with E-state index < -0.39 is 0 Å². The second-order valence-electron chi connectivity index (χ2n) is 4.29. The molecule has 1 fully saturated rings. The number of hydrogen-bond acceptors (Lipinski definition) is 3. The summed E-state index contributed by atoms with van der Waals surface area (Å²) in [6.45, 7) is 1.10.